The van der Waals surface area contributed by atoms with Crippen molar-refractivity contribution in [2.75, 3.05) is 0 Å². The number of rotatable bonds is 22. The van der Waals surface area contributed by atoms with E-state index in [4.69, 9.17) is 9.97 Å². The van der Waals surface area contributed by atoms with Gasteiger partial charge in [0.1, 0.15) is 0 Å². The third-order valence-corrected chi connectivity index (χ3v) is 18.1. The summed E-state index contributed by atoms with van der Waals surface area (Å²) in [7, 11) is 0. The number of aromatic nitrogens is 2. The van der Waals surface area contributed by atoms with Gasteiger partial charge in [-0.1, -0.05) is 130 Å². The number of nitrogens with zero attached hydrogens (tertiary/aromatic N) is 2. The molecule has 292 valence electrons. The Labute approximate surface area is 358 Å². The summed E-state index contributed by atoms with van der Waals surface area (Å²) in [5, 5.41) is 2.50. The molecule has 5 heterocycles. The van der Waals surface area contributed by atoms with E-state index in [9.17, 15) is 0 Å². The zero-order valence-corrected chi connectivity index (χ0v) is 39.9. The summed E-state index contributed by atoms with van der Waals surface area (Å²) in [5.74, 6) is 1.53. The normalized spacial score (nSPS) is 13.3. The summed E-state index contributed by atoms with van der Waals surface area (Å²) >= 11 is 15.8. The first-order chi connectivity index (χ1) is 26.2. The topological polar surface area (TPSA) is 25.8 Å². The van der Waals surface area contributed by atoms with Gasteiger partial charge in [-0.15, -0.1) is 45.3 Å². The minimum Gasteiger partial charge on any atom is -0.249 e. The molecule has 0 aliphatic heterocycles. The lowest BCUT2D eigenvalue weighted by Crippen LogP contribution is -2.05. The lowest BCUT2D eigenvalue weighted by atomic mass is 9.90. The van der Waals surface area contributed by atoms with Gasteiger partial charge in [0, 0.05) is 30.3 Å². The fraction of sp³-hybridized carbons (Fsp3) is 0.565. The average Bonchev–Trinajstić information content (AvgIpc) is 3.96. The Morgan fingerprint density at radius 3 is 1.24 bits per heavy atom. The maximum Gasteiger partial charge on any atom is 0.0984 e. The predicted molar refractivity (Wildman–Crippen MR) is 253 cm³/mol. The number of thiophene rings is 4. The van der Waals surface area contributed by atoms with E-state index in [2.05, 4.69) is 97.7 Å². The third-order valence-electron chi connectivity index (χ3n) is 11.4. The molecule has 6 rings (SSSR count). The van der Waals surface area contributed by atoms with Crippen LogP contribution in [-0.4, -0.2) is 9.97 Å². The van der Waals surface area contributed by atoms with Crippen molar-refractivity contribution in [2.24, 2.45) is 11.8 Å². The van der Waals surface area contributed by atoms with Gasteiger partial charge in [-0.3, -0.25) is 0 Å². The number of aryl methyl sites for hydroxylation is 2. The molecule has 0 saturated carbocycles. The molecule has 0 radical (unpaired) electrons. The van der Waals surface area contributed by atoms with Crippen LogP contribution in [0.15, 0.2) is 31.8 Å². The number of hydrogen-bond donors (Lipinski definition) is 0. The number of unbranched alkanes of at least 4 members (excludes halogenated alkanes) is 8. The first kappa shape index (κ1) is 42.4. The number of fused-ring (bicyclic) bond motifs is 6. The van der Waals surface area contributed by atoms with E-state index in [-0.39, 0.29) is 0 Å². The van der Waals surface area contributed by atoms with E-state index in [1.165, 1.54) is 174 Å². The highest BCUT2D eigenvalue weighted by molar-refractivity contribution is 9.11. The van der Waals surface area contributed by atoms with E-state index in [0.717, 1.165) is 34.3 Å². The molecule has 0 N–H and O–H groups in total. The van der Waals surface area contributed by atoms with Crippen LogP contribution in [0, 0.1) is 25.7 Å². The molecule has 6 aromatic rings. The van der Waals surface area contributed by atoms with Gasteiger partial charge in [0.25, 0.3) is 0 Å². The zero-order chi connectivity index (χ0) is 38.2. The van der Waals surface area contributed by atoms with E-state index < -0.39 is 0 Å². The highest BCUT2D eigenvalue weighted by Crippen LogP contribution is 2.50. The van der Waals surface area contributed by atoms with E-state index in [1.807, 2.05) is 45.3 Å². The smallest absolute Gasteiger partial charge is 0.0984 e. The Bertz CT molecular complexity index is 1970. The summed E-state index contributed by atoms with van der Waals surface area (Å²) in [6.45, 7) is 13.5. The molecular weight excluding hydrogens is 869 g/mol. The Hall–Kier alpha value is -1.16. The molecule has 0 amide bonds. The minimum atomic E-state index is 0.767. The van der Waals surface area contributed by atoms with Gasteiger partial charge in [0.2, 0.25) is 0 Å². The highest BCUT2D eigenvalue weighted by atomic mass is 79.9. The molecule has 0 bridgehead atoms. The fourth-order valence-electron chi connectivity index (χ4n) is 8.05. The molecule has 0 spiro atoms. The first-order valence-corrected chi connectivity index (χ1v) is 25.8. The van der Waals surface area contributed by atoms with Gasteiger partial charge in [-0.05, 0) is 106 Å². The van der Waals surface area contributed by atoms with Crippen LogP contribution >= 0.6 is 77.2 Å². The van der Waals surface area contributed by atoms with Gasteiger partial charge in [0.05, 0.1) is 39.4 Å². The molecule has 0 saturated heterocycles. The van der Waals surface area contributed by atoms with Crippen molar-refractivity contribution in [3.63, 3.8) is 0 Å². The third kappa shape index (κ3) is 10.3. The highest BCUT2D eigenvalue weighted by Gasteiger charge is 2.23. The standard InChI is InChI=1S/C46H60Br2N2S4/c1-7-11-15-17-21-31(19-13-9-3)23-33-25-37(53-45(33)47)39-27-35-41-42(50-30(6)29(5)49-41)36-28-40(52-44(36)43(35)51-39)38-26-34(46(48)54-38)24-32(20-14-10-4)22-18-16-12-8-2/h25-28,31-32H,7-24H2,1-6H3. The summed E-state index contributed by atoms with van der Waals surface area (Å²) < 4.78 is 5.32. The van der Waals surface area contributed by atoms with Crippen molar-refractivity contribution in [1.29, 1.82) is 0 Å². The molecule has 8 heteroatoms. The van der Waals surface area contributed by atoms with Gasteiger partial charge in [0.15, 0.2) is 0 Å². The van der Waals surface area contributed by atoms with E-state index in [0.29, 0.717) is 0 Å². The van der Waals surface area contributed by atoms with Crippen molar-refractivity contribution < 1.29 is 0 Å². The summed E-state index contributed by atoms with van der Waals surface area (Å²) in [4.78, 5) is 15.9. The Balaban J connectivity index is 1.34. The van der Waals surface area contributed by atoms with Crippen molar-refractivity contribution in [3.05, 3.63) is 54.4 Å². The zero-order valence-electron chi connectivity index (χ0n) is 33.5. The minimum absolute atomic E-state index is 0.767. The largest absolute Gasteiger partial charge is 0.249 e. The van der Waals surface area contributed by atoms with E-state index >= 15 is 0 Å². The quantitative estimate of drug-likeness (QED) is 0.0634. The molecule has 2 nitrogen and oxygen atoms in total. The van der Waals surface area contributed by atoms with Gasteiger partial charge >= 0.3 is 0 Å². The number of halogens is 2. The molecule has 1 aromatic carbocycles. The molecule has 2 unspecified atom stereocenters. The van der Waals surface area contributed by atoms with E-state index in [1.54, 1.807) is 0 Å². The van der Waals surface area contributed by atoms with Crippen LogP contribution < -0.4 is 0 Å². The maximum absolute atomic E-state index is 5.22. The molecular formula is C46H60Br2N2S4. The molecule has 0 aliphatic carbocycles. The average molecular weight is 929 g/mol. The molecule has 5 aromatic heterocycles. The molecule has 54 heavy (non-hydrogen) atoms. The first-order valence-electron chi connectivity index (χ1n) is 20.9. The predicted octanol–water partition coefficient (Wildman–Crippen LogP) is 18.3. The van der Waals surface area contributed by atoms with Crippen LogP contribution in [-0.2, 0) is 12.8 Å². The van der Waals surface area contributed by atoms with Gasteiger partial charge < -0.3 is 0 Å². The number of benzene rings is 1. The fourth-order valence-corrected chi connectivity index (χ4v) is 14.1. The van der Waals surface area contributed by atoms with Crippen LogP contribution in [0.25, 0.3) is 50.7 Å². The molecule has 2 atom stereocenters. The monoisotopic (exact) mass is 926 g/mol. The second-order valence-electron chi connectivity index (χ2n) is 15.7. The summed E-state index contributed by atoms with van der Waals surface area (Å²) in [5.41, 5.74) is 7.10. The second kappa shape index (κ2) is 20.5. The SMILES string of the molecule is CCCCCCC(CCCC)Cc1cc(-c2cc3c4nc(C)c(C)nc4c4cc(-c5cc(CC(CCCC)CCCCCC)c(Br)s5)sc4c3s2)sc1Br. The Morgan fingerprint density at radius 1 is 0.481 bits per heavy atom. The van der Waals surface area contributed by atoms with Crippen LogP contribution in [0.5, 0.6) is 0 Å². The molecule has 0 aliphatic rings. The van der Waals surface area contributed by atoms with Crippen molar-refractivity contribution in [1.82, 2.24) is 9.97 Å². The van der Waals surface area contributed by atoms with Gasteiger partial charge in [-0.25, -0.2) is 9.97 Å². The maximum atomic E-state index is 5.22. The Morgan fingerprint density at radius 2 is 0.852 bits per heavy atom. The Kier molecular flexibility index (Phi) is 16.1. The number of hydrogen-bond acceptors (Lipinski definition) is 6. The summed E-state index contributed by atoms with van der Waals surface area (Å²) in [6.07, 6.45) is 23.8. The van der Waals surface area contributed by atoms with Crippen molar-refractivity contribution >= 4 is 108 Å². The van der Waals surface area contributed by atoms with Crippen molar-refractivity contribution in [2.45, 2.75) is 157 Å². The van der Waals surface area contributed by atoms with Crippen LogP contribution in [0.1, 0.15) is 153 Å². The summed E-state index contributed by atoms with van der Waals surface area (Å²) in [6, 6.07) is 9.83. The van der Waals surface area contributed by atoms with Crippen LogP contribution in [0.4, 0.5) is 0 Å². The lowest BCUT2D eigenvalue weighted by molar-refractivity contribution is 0.410. The van der Waals surface area contributed by atoms with Crippen LogP contribution in [0.2, 0.25) is 0 Å². The lowest BCUT2D eigenvalue weighted by Gasteiger charge is -2.16. The molecule has 0 fully saturated rings. The van der Waals surface area contributed by atoms with Crippen molar-refractivity contribution in [3.8, 4) is 19.5 Å². The van der Waals surface area contributed by atoms with Gasteiger partial charge in [-0.2, -0.15) is 0 Å². The van der Waals surface area contributed by atoms with Crippen LogP contribution in [0.3, 0.4) is 0 Å². The second-order valence-corrected chi connectivity index (χ2v) is 22.6.